The largest absolute Gasteiger partial charge is 0.506 e. The van der Waals surface area contributed by atoms with Crippen molar-refractivity contribution < 1.29 is 14.6 Å². The Labute approximate surface area is 181 Å². The fraction of sp³-hybridized carbons (Fsp3) is 0.348. The Hall–Kier alpha value is -2.86. The highest BCUT2D eigenvalue weighted by molar-refractivity contribution is 6.31. The summed E-state index contributed by atoms with van der Waals surface area (Å²) in [4.78, 5) is 13.4. The fourth-order valence-corrected chi connectivity index (χ4v) is 3.24. The van der Waals surface area contributed by atoms with Crippen LogP contribution in [0.25, 0.3) is 16.7 Å². The summed E-state index contributed by atoms with van der Waals surface area (Å²) >= 11 is 6.03. The fourth-order valence-electron chi connectivity index (χ4n) is 3.08. The molecule has 0 radical (unpaired) electrons. The normalized spacial score (nSPS) is 12.7. The summed E-state index contributed by atoms with van der Waals surface area (Å²) in [5.74, 6) is -0.307. The first-order valence-electron chi connectivity index (χ1n) is 9.76. The third-order valence-corrected chi connectivity index (χ3v) is 5.09. The number of hydrogen-bond donors (Lipinski definition) is 1. The van der Waals surface area contributed by atoms with E-state index >= 15 is 0 Å². The number of phenolic OH excluding ortho intramolecular Hbond substituents is 1. The minimum Gasteiger partial charge on any atom is -0.506 e. The Morgan fingerprint density at radius 3 is 2.57 bits per heavy atom. The molecule has 6 nitrogen and oxygen atoms in total. The quantitative estimate of drug-likeness (QED) is 0.429. The Morgan fingerprint density at radius 1 is 1.20 bits per heavy atom. The van der Waals surface area contributed by atoms with E-state index < -0.39 is 0 Å². The highest BCUT2D eigenvalue weighted by atomic mass is 35.5. The molecular formula is C23H26ClN3O3. The lowest BCUT2D eigenvalue weighted by molar-refractivity contribution is -0.150. The lowest BCUT2D eigenvalue weighted by Gasteiger charge is -2.30. The van der Waals surface area contributed by atoms with Gasteiger partial charge in [-0.25, -0.2) is 4.79 Å². The summed E-state index contributed by atoms with van der Waals surface area (Å²) < 4.78 is 5.66. The van der Waals surface area contributed by atoms with Gasteiger partial charge < -0.3 is 9.84 Å². The first-order valence-corrected chi connectivity index (χ1v) is 10.1. The molecule has 1 unspecified atom stereocenters. The number of rotatable bonds is 6. The van der Waals surface area contributed by atoms with Gasteiger partial charge in [-0.15, -0.1) is 15.0 Å². The number of carbonyl (C=O) groups excluding carboxylic acids is 1. The molecule has 3 rings (SSSR count). The van der Waals surface area contributed by atoms with Gasteiger partial charge in [0.1, 0.15) is 28.6 Å². The minimum atomic E-state index is -0.382. The summed E-state index contributed by atoms with van der Waals surface area (Å²) in [6, 6.07) is 10.6. The molecule has 0 aliphatic carbocycles. The number of ether oxygens (including phenoxy) is 1. The van der Waals surface area contributed by atoms with Crippen molar-refractivity contribution in [3.05, 3.63) is 59.1 Å². The van der Waals surface area contributed by atoms with Crippen molar-refractivity contribution in [2.24, 2.45) is 5.41 Å². The van der Waals surface area contributed by atoms with Crippen LogP contribution in [0.5, 0.6) is 5.75 Å². The minimum absolute atomic E-state index is 0.0752. The maximum Gasteiger partial charge on any atom is 0.333 e. The van der Waals surface area contributed by atoms with Gasteiger partial charge in [-0.1, -0.05) is 45.0 Å². The van der Waals surface area contributed by atoms with E-state index in [9.17, 15) is 9.90 Å². The summed E-state index contributed by atoms with van der Waals surface area (Å²) in [7, 11) is 0. The summed E-state index contributed by atoms with van der Waals surface area (Å²) in [6.45, 7) is 11.4. The van der Waals surface area contributed by atoms with Gasteiger partial charge in [-0.2, -0.15) is 0 Å². The highest BCUT2D eigenvalue weighted by Crippen LogP contribution is 2.29. The number of hydrogen-bond acceptors (Lipinski definition) is 5. The van der Waals surface area contributed by atoms with Crippen LogP contribution in [0.15, 0.2) is 48.6 Å². The van der Waals surface area contributed by atoms with E-state index in [1.165, 1.54) is 4.80 Å². The molecule has 2 aromatic carbocycles. The first kappa shape index (κ1) is 21.8. The maximum atomic E-state index is 12.0. The van der Waals surface area contributed by atoms with E-state index in [2.05, 4.69) is 16.8 Å². The molecule has 1 atom stereocenters. The smallest absolute Gasteiger partial charge is 0.333 e. The zero-order chi connectivity index (χ0) is 22.1. The van der Waals surface area contributed by atoms with Gasteiger partial charge >= 0.3 is 5.97 Å². The summed E-state index contributed by atoms with van der Waals surface area (Å²) in [5, 5.41) is 19.8. The Balaban J connectivity index is 1.83. The third kappa shape index (κ3) is 5.00. The molecule has 0 saturated carbocycles. The van der Waals surface area contributed by atoms with E-state index in [-0.39, 0.29) is 23.2 Å². The van der Waals surface area contributed by atoms with Crippen LogP contribution >= 0.6 is 11.6 Å². The number of fused-ring (bicyclic) bond motifs is 1. The molecule has 1 heterocycles. The molecule has 158 valence electrons. The third-order valence-electron chi connectivity index (χ3n) is 4.86. The first-order chi connectivity index (χ1) is 14.0. The molecule has 0 amide bonds. The van der Waals surface area contributed by atoms with Crippen LogP contribution in [-0.2, 0) is 16.0 Å². The van der Waals surface area contributed by atoms with Gasteiger partial charge in [-0.05, 0) is 61.1 Å². The van der Waals surface area contributed by atoms with Crippen LogP contribution in [0, 0.1) is 5.41 Å². The van der Waals surface area contributed by atoms with Crippen molar-refractivity contribution in [3.63, 3.8) is 0 Å². The Kier molecular flexibility index (Phi) is 6.17. The zero-order valence-corrected chi connectivity index (χ0v) is 18.4. The van der Waals surface area contributed by atoms with E-state index in [0.717, 1.165) is 5.56 Å². The molecule has 0 fully saturated rings. The van der Waals surface area contributed by atoms with E-state index in [0.29, 0.717) is 40.2 Å². The van der Waals surface area contributed by atoms with Crippen LogP contribution in [0.1, 0.15) is 39.7 Å². The Bertz CT molecular complexity index is 1100. The Morgan fingerprint density at radius 2 is 1.90 bits per heavy atom. The van der Waals surface area contributed by atoms with Gasteiger partial charge in [0.25, 0.3) is 0 Å². The lowest BCUT2D eigenvalue weighted by Crippen LogP contribution is -2.32. The summed E-state index contributed by atoms with van der Waals surface area (Å²) in [5.41, 5.74) is 2.95. The molecule has 0 bridgehead atoms. The second-order valence-electron chi connectivity index (χ2n) is 8.52. The van der Waals surface area contributed by atoms with E-state index in [1.54, 1.807) is 31.2 Å². The average molecular weight is 428 g/mol. The van der Waals surface area contributed by atoms with Crippen molar-refractivity contribution >= 4 is 28.6 Å². The average Bonchev–Trinajstić information content (AvgIpc) is 3.07. The van der Waals surface area contributed by atoms with E-state index in [4.69, 9.17) is 16.3 Å². The van der Waals surface area contributed by atoms with Crippen LogP contribution in [0.2, 0.25) is 5.02 Å². The molecule has 0 spiro atoms. The molecule has 0 saturated heterocycles. The molecular weight excluding hydrogens is 402 g/mol. The highest BCUT2D eigenvalue weighted by Gasteiger charge is 2.28. The number of aryl methyl sites for hydroxylation is 1. The maximum absolute atomic E-state index is 12.0. The SMILES string of the molecule is C=C(C)C(=O)OC(CCc1ccc(O)c(-n2nc3ccc(Cl)cc3n2)c1)C(C)(C)C. The topological polar surface area (TPSA) is 77.2 Å². The van der Waals surface area contributed by atoms with Crippen molar-refractivity contribution in [3.8, 4) is 11.4 Å². The van der Waals surface area contributed by atoms with Crippen LogP contribution in [0.4, 0.5) is 0 Å². The van der Waals surface area contributed by atoms with Crippen LogP contribution in [-0.4, -0.2) is 32.2 Å². The molecule has 30 heavy (non-hydrogen) atoms. The molecule has 3 aromatic rings. The number of carbonyl (C=O) groups is 1. The lowest BCUT2D eigenvalue weighted by atomic mass is 9.85. The monoisotopic (exact) mass is 427 g/mol. The van der Waals surface area contributed by atoms with Crippen molar-refractivity contribution in [2.75, 3.05) is 0 Å². The number of aromatic nitrogens is 3. The molecule has 1 aromatic heterocycles. The standard InChI is InChI=1S/C23H26ClN3O3/c1-14(2)22(29)30-21(23(3,4)5)11-7-15-6-10-20(28)19(12-15)27-25-17-9-8-16(24)13-18(17)26-27/h6,8-10,12-13,21,28H,1,7,11H2,2-5H3. The van der Waals surface area contributed by atoms with Crippen molar-refractivity contribution in [1.29, 1.82) is 0 Å². The van der Waals surface area contributed by atoms with Gasteiger partial charge in [0.05, 0.1) is 0 Å². The predicted molar refractivity (Wildman–Crippen MR) is 118 cm³/mol. The van der Waals surface area contributed by atoms with Crippen molar-refractivity contribution in [1.82, 2.24) is 15.0 Å². The second-order valence-corrected chi connectivity index (χ2v) is 8.96. The number of benzene rings is 2. The number of halogens is 1. The second kappa shape index (κ2) is 8.48. The number of aromatic hydroxyl groups is 1. The van der Waals surface area contributed by atoms with Gasteiger partial charge in [0.2, 0.25) is 0 Å². The number of phenols is 1. The molecule has 7 heteroatoms. The zero-order valence-electron chi connectivity index (χ0n) is 17.6. The number of nitrogens with zero attached hydrogens (tertiary/aromatic N) is 3. The van der Waals surface area contributed by atoms with Crippen LogP contribution < -0.4 is 0 Å². The van der Waals surface area contributed by atoms with Crippen molar-refractivity contribution in [2.45, 2.75) is 46.6 Å². The van der Waals surface area contributed by atoms with Gasteiger partial charge in [0.15, 0.2) is 0 Å². The van der Waals surface area contributed by atoms with Gasteiger partial charge in [0, 0.05) is 10.6 Å². The van der Waals surface area contributed by atoms with E-state index in [1.807, 2.05) is 32.9 Å². The number of esters is 1. The molecule has 0 aliphatic rings. The molecule has 0 aliphatic heterocycles. The summed E-state index contributed by atoms with van der Waals surface area (Å²) in [6.07, 6.45) is 1.02. The van der Waals surface area contributed by atoms with Gasteiger partial charge in [-0.3, -0.25) is 0 Å². The van der Waals surface area contributed by atoms with Crippen LogP contribution in [0.3, 0.4) is 0 Å². The predicted octanol–water partition coefficient (Wildman–Crippen LogP) is 5.25. The molecule has 1 N–H and O–H groups in total.